The zero-order chi connectivity index (χ0) is 19.5. The predicted octanol–water partition coefficient (Wildman–Crippen LogP) is 3.97. The molecule has 1 amide bonds. The molecule has 1 atom stereocenters. The van der Waals surface area contributed by atoms with Gasteiger partial charge in [0.15, 0.2) is 0 Å². The third-order valence-electron chi connectivity index (χ3n) is 5.57. The van der Waals surface area contributed by atoms with Gasteiger partial charge in [0.1, 0.15) is 5.69 Å². The summed E-state index contributed by atoms with van der Waals surface area (Å²) in [6.07, 6.45) is 1.11. The summed E-state index contributed by atoms with van der Waals surface area (Å²) in [5.74, 6) is 0.148. The van der Waals surface area contributed by atoms with Crippen molar-refractivity contribution in [1.82, 2.24) is 15.1 Å². The monoisotopic (exact) mass is 375 g/mol. The van der Waals surface area contributed by atoms with Crippen molar-refractivity contribution in [3.63, 3.8) is 0 Å². The topological polar surface area (TPSA) is 69.2 Å². The maximum atomic E-state index is 12.8. The van der Waals surface area contributed by atoms with Crippen LogP contribution in [0.4, 0.5) is 0 Å². The zero-order valence-corrected chi connectivity index (χ0v) is 16.0. The molecule has 1 saturated heterocycles. The molecule has 0 spiro atoms. The van der Waals surface area contributed by atoms with Crippen LogP contribution < -0.4 is 0 Å². The molecule has 0 saturated carbocycles. The van der Waals surface area contributed by atoms with Gasteiger partial charge in [-0.25, -0.2) is 0 Å². The first-order chi connectivity index (χ1) is 13.6. The zero-order valence-electron chi connectivity index (χ0n) is 16.0. The predicted molar refractivity (Wildman–Crippen MR) is 109 cm³/mol. The summed E-state index contributed by atoms with van der Waals surface area (Å²) >= 11 is 0. The fourth-order valence-corrected chi connectivity index (χ4v) is 3.81. The number of aryl methyl sites for hydroxylation is 1. The summed E-state index contributed by atoms with van der Waals surface area (Å²) < 4.78 is 0. The van der Waals surface area contributed by atoms with Gasteiger partial charge in [0.2, 0.25) is 0 Å². The van der Waals surface area contributed by atoms with E-state index < -0.39 is 6.10 Å². The number of aliphatic hydroxyl groups excluding tert-OH is 1. The maximum absolute atomic E-state index is 12.8. The van der Waals surface area contributed by atoms with Crippen molar-refractivity contribution in [1.29, 1.82) is 0 Å². The SMILES string of the molecule is Cc1ccc(-c2cc(C(=O)N3CCC(C(O)c4ccccc4)CC3)[nH]n2)cc1. The quantitative estimate of drug-likeness (QED) is 0.725. The van der Waals surface area contributed by atoms with E-state index >= 15 is 0 Å². The Morgan fingerprint density at radius 2 is 1.79 bits per heavy atom. The highest BCUT2D eigenvalue weighted by Crippen LogP contribution is 2.31. The second kappa shape index (κ2) is 7.98. The van der Waals surface area contributed by atoms with Crippen molar-refractivity contribution in [3.05, 3.63) is 77.5 Å². The van der Waals surface area contributed by atoms with Gasteiger partial charge in [-0.1, -0.05) is 60.2 Å². The lowest BCUT2D eigenvalue weighted by Crippen LogP contribution is -2.40. The van der Waals surface area contributed by atoms with E-state index in [0.29, 0.717) is 18.8 Å². The average molecular weight is 375 g/mol. The van der Waals surface area contributed by atoms with Gasteiger partial charge >= 0.3 is 0 Å². The molecule has 1 fully saturated rings. The molecule has 2 heterocycles. The minimum atomic E-state index is -0.473. The van der Waals surface area contributed by atoms with Crippen LogP contribution in [0, 0.1) is 12.8 Å². The molecule has 144 valence electrons. The Kier molecular flexibility index (Phi) is 5.26. The first kappa shape index (κ1) is 18.4. The van der Waals surface area contributed by atoms with Gasteiger partial charge in [-0.3, -0.25) is 9.89 Å². The summed E-state index contributed by atoms with van der Waals surface area (Å²) in [4.78, 5) is 14.7. The van der Waals surface area contributed by atoms with Crippen molar-refractivity contribution in [3.8, 4) is 11.3 Å². The van der Waals surface area contributed by atoms with Gasteiger partial charge in [0.25, 0.3) is 5.91 Å². The van der Waals surface area contributed by atoms with Crippen molar-refractivity contribution in [2.24, 2.45) is 5.92 Å². The van der Waals surface area contributed by atoms with Crippen LogP contribution in [0.15, 0.2) is 60.7 Å². The molecular formula is C23H25N3O2. The van der Waals surface area contributed by atoms with Gasteiger partial charge in [-0.05, 0) is 37.3 Å². The highest BCUT2D eigenvalue weighted by Gasteiger charge is 2.29. The first-order valence-electron chi connectivity index (χ1n) is 9.76. The number of likely N-dealkylation sites (tertiary alicyclic amines) is 1. The lowest BCUT2D eigenvalue weighted by molar-refractivity contribution is 0.0458. The van der Waals surface area contributed by atoms with Crippen molar-refractivity contribution < 1.29 is 9.90 Å². The van der Waals surface area contributed by atoms with E-state index in [2.05, 4.69) is 10.2 Å². The van der Waals surface area contributed by atoms with Crippen molar-refractivity contribution >= 4 is 5.91 Å². The Labute approximate surface area is 165 Å². The Hall–Kier alpha value is -2.92. The number of piperidine rings is 1. The number of carbonyl (C=O) groups excluding carboxylic acids is 1. The number of hydrogen-bond acceptors (Lipinski definition) is 3. The van der Waals surface area contributed by atoms with Crippen LogP contribution >= 0.6 is 0 Å². The number of nitrogens with one attached hydrogen (secondary N) is 1. The minimum Gasteiger partial charge on any atom is -0.388 e. The van der Waals surface area contributed by atoms with Gasteiger partial charge in [-0.2, -0.15) is 5.10 Å². The molecular weight excluding hydrogens is 350 g/mol. The lowest BCUT2D eigenvalue weighted by Gasteiger charge is -2.34. The van der Waals surface area contributed by atoms with E-state index in [1.807, 2.05) is 72.5 Å². The fraction of sp³-hybridized carbons (Fsp3) is 0.304. The molecule has 1 aromatic heterocycles. The maximum Gasteiger partial charge on any atom is 0.271 e. The summed E-state index contributed by atoms with van der Waals surface area (Å²) in [7, 11) is 0. The van der Waals surface area contributed by atoms with Gasteiger partial charge in [-0.15, -0.1) is 0 Å². The Morgan fingerprint density at radius 1 is 1.11 bits per heavy atom. The van der Waals surface area contributed by atoms with Crippen LogP contribution in [-0.4, -0.2) is 39.2 Å². The van der Waals surface area contributed by atoms with Crippen LogP contribution in [-0.2, 0) is 0 Å². The standard InChI is InChI=1S/C23H25N3O2/c1-16-7-9-17(10-8-16)20-15-21(25-24-20)23(28)26-13-11-19(12-14-26)22(27)18-5-3-2-4-6-18/h2-10,15,19,22,27H,11-14H2,1H3,(H,24,25). The summed E-state index contributed by atoms with van der Waals surface area (Å²) in [5, 5.41) is 17.8. The van der Waals surface area contributed by atoms with Gasteiger partial charge in [0, 0.05) is 18.7 Å². The number of amides is 1. The largest absolute Gasteiger partial charge is 0.388 e. The summed E-state index contributed by atoms with van der Waals surface area (Å²) in [5.41, 5.74) is 4.42. The fourth-order valence-electron chi connectivity index (χ4n) is 3.81. The highest BCUT2D eigenvalue weighted by molar-refractivity contribution is 5.93. The van der Waals surface area contributed by atoms with Crippen LogP contribution in [0.1, 0.15) is 40.6 Å². The molecule has 1 aliphatic heterocycles. The van der Waals surface area contributed by atoms with Crippen molar-refractivity contribution in [2.45, 2.75) is 25.9 Å². The van der Waals surface area contributed by atoms with Crippen LogP contribution in [0.5, 0.6) is 0 Å². The van der Waals surface area contributed by atoms with E-state index in [9.17, 15) is 9.90 Å². The molecule has 1 aliphatic rings. The molecule has 2 aromatic carbocycles. The molecule has 3 aromatic rings. The molecule has 0 aliphatic carbocycles. The average Bonchev–Trinajstić information content (AvgIpc) is 3.24. The lowest BCUT2D eigenvalue weighted by atomic mass is 9.87. The van der Waals surface area contributed by atoms with Crippen molar-refractivity contribution in [2.75, 3.05) is 13.1 Å². The molecule has 5 heteroatoms. The van der Waals surface area contributed by atoms with Gasteiger partial charge in [0.05, 0.1) is 11.8 Å². The van der Waals surface area contributed by atoms with Crippen LogP contribution in [0.2, 0.25) is 0 Å². The third-order valence-corrected chi connectivity index (χ3v) is 5.57. The van der Waals surface area contributed by atoms with E-state index in [1.54, 1.807) is 0 Å². The van der Waals surface area contributed by atoms with Gasteiger partial charge < -0.3 is 10.0 Å². The highest BCUT2D eigenvalue weighted by atomic mass is 16.3. The molecule has 28 heavy (non-hydrogen) atoms. The number of aliphatic hydroxyl groups is 1. The Bertz CT molecular complexity index is 926. The smallest absolute Gasteiger partial charge is 0.271 e. The number of rotatable bonds is 4. The number of nitrogens with zero attached hydrogens (tertiary/aromatic N) is 2. The third kappa shape index (κ3) is 3.85. The molecule has 2 N–H and O–H groups in total. The summed E-state index contributed by atoms with van der Waals surface area (Å²) in [6, 6.07) is 19.7. The number of aromatic nitrogens is 2. The molecule has 4 rings (SSSR count). The molecule has 0 bridgehead atoms. The first-order valence-corrected chi connectivity index (χ1v) is 9.76. The van der Waals surface area contributed by atoms with E-state index in [4.69, 9.17) is 0 Å². The minimum absolute atomic E-state index is 0.0292. The number of carbonyl (C=O) groups is 1. The van der Waals surface area contributed by atoms with E-state index in [-0.39, 0.29) is 11.8 Å². The van der Waals surface area contributed by atoms with Crippen LogP contribution in [0.25, 0.3) is 11.3 Å². The van der Waals surface area contributed by atoms with E-state index in [1.165, 1.54) is 5.56 Å². The van der Waals surface area contributed by atoms with Crippen LogP contribution in [0.3, 0.4) is 0 Å². The number of benzene rings is 2. The Morgan fingerprint density at radius 3 is 2.46 bits per heavy atom. The number of hydrogen-bond donors (Lipinski definition) is 2. The molecule has 0 radical (unpaired) electrons. The second-order valence-corrected chi connectivity index (χ2v) is 7.52. The second-order valence-electron chi connectivity index (χ2n) is 7.52. The normalized spacial score (nSPS) is 16.1. The number of aromatic amines is 1. The molecule has 5 nitrogen and oxygen atoms in total. The Balaban J connectivity index is 1.38. The van der Waals surface area contributed by atoms with E-state index in [0.717, 1.165) is 29.7 Å². The summed E-state index contributed by atoms with van der Waals surface area (Å²) in [6.45, 7) is 3.33. The number of H-pyrrole nitrogens is 1. The molecule has 1 unspecified atom stereocenters.